The number of aryl methyl sites for hydroxylation is 2. The summed E-state index contributed by atoms with van der Waals surface area (Å²) in [7, 11) is 1.94. The van der Waals surface area contributed by atoms with Crippen LogP contribution in [0.25, 0.3) is 11.0 Å². The number of anilines is 1. The predicted octanol–water partition coefficient (Wildman–Crippen LogP) is 2.17. The summed E-state index contributed by atoms with van der Waals surface area (Å²) < 4.78 is 1.84. The molecule has 2 aromatic rings. The van der Waals surface area contributed by atoms with Gasteiger partial charge in [0.25, 0.3) is 0 Å². The monoisotopic (exact) mass is 273 g/mol. The van der Waals surface area contributed by atoms with Gasteiger partial charge in [-0.3, -0.25) is 4.68 Å². The maximum atomic E-state index is 4.53. The van der Waals surface area contributed by atoms with Crippen LogP contribution in [0.4, 0.5) is 5.69 Å². The number of piperidine rings is 1. The van der Waals surface area contributed by atoms with Gasteiger partial charge >= 0.3 is 0 Å². The molecule has 0 unspecified atom stereocenters. The van der Waals surface area contributed by atoms with Crippen LogP contribution in [0.2, 0.25) is 0 Å². The quantitative estimate of drug-likeness (QED) is 0.931. The number of rotatable bonds is 3. The lowest BCUT2D eigenvalue weighted by atomic mass is 10.0. The topological polar surface area (TPSA) is 46.0 Å². The molecule has 1 aliphatic rings. The van der Waals surface area contributed by atoms with E-state index in [1.54, 1.807) is 0 Å². The number of pyridine rings is 1. The molecule has 0 amide bonds. The van der Waals surface area contributed by atoms with E-state index in [1.165, 1.54) is 25.9 Å². The summed E-state index contributed by atoms with van der Waals surface area (Å²) in [6, 6.07) is 2.74. The first-order valence-corrected chi connectivity index (χ1v) is 7.45. The normalized spacial score (nSPS) is 17.8. The Balaban J connectivity index is 1.73. The van der Waals surface area contributed by atoms with E-state index in [0.717, 1.165) is 29.0 Å². The zero-order chi connectivity index (χ0) is 14.1. The molecule has 3 rings (SSSR count). The minimum absolute atomic E-state index is 0.564. The molecule has 5 heteroatoms. The van der Waals surface area contributed by atoms with Gasteiger partial charge < -0.3 is 10.2 Å². The molecular weight excluding hydrogens is 250 g/mol. The maximum absolute atomic E-state index is 4.53. The molecule has 1 N–H and O–H groups in total. The first-order chi connectivity index (χ1) is 9.67. The van der Waals surface area contributed by atoms with Crippen molar-refractivity contribution in [1.82, 2.24) is 19.7 Å². The highest BCUT2D eigenvalue weighted by Gasteiger charge is 2.18. The minimum atomic E-state index is 0.564. The maximum Gasteiger partial charge on any atom is 0.157 e. The van der Waals surface area contributed by atoms with Gasteiger partial charge in [0.15, 0.2) is 5.65 Å². The van der Waals surface area contributed by atoms with E-state index in [0.29, 0.717) is 6.04 Å². The number of nitrogens with zero attached hydrogens (tertiary/aromatic N) is 4. The first-order valence-electron chi connectivity index (χ1n) is 7.45. The Hall–Kier alpha value is -1.62. The second kappa shape index (κ2) is 5.40. The van der Waals surface area contributed by atoms with E-state index in [1.807, 2.05) is 24.9 Å². The van der Waals surface area contributed by atoms with Gasteiger partial charge in [0.2, 0.25) is 0 Å². The third-order valence-electron chi connectivity index (χ3n) is 4.27. The van der Waals surface area contributed by atoms with Crippen molar-refractivity contribution in [3.63, 3.8) is 0 Å². The first kappa shape index (κ1) is 13.4. The van der Waals surface area contributed by atoms with E-state index in [4.69, 9.17) is 0 Å². The van der Waals surface area contributed by atoms with Crippen LogP contribution in [-0.4, -0.2) is 45.3 Å². The number of nitrogens with one attached hydrogen (secondary N) is 1. The van der Waals surface area contributed by atoms with Crippen LogP contribution in [0.5, 0.6) is 0 Å². The predicted molar refractivity (Wildman–Crippen MR) is 82.0 cm³/mol. The Morgan fingerprint density at radius 1 is 1.35 bits per heavy atom. The Morgan fingerprint density at radius 2 is 2.10 bits per heavy atom. The molecule has 1 fully saturated rings. The van der Waals surface area contributed by atoms with Gasteiger partial charge in [-0.05, 0) is 32.4 Å². The molecule has 0 bridgehead atoms. The second-order valence-corrected chi connectivity index (χ2v) is 5.66. The van der Waals surface area contributed by atoms with E-state index in [2.05, 4.69) is 33.3 Å². The number of fused-ring (bicyclic) bond motifs is 1. The molecule has 1 aliphatic heterocycles. The summed E-state index contributed by atoms with van der Waals surface area (Å²) in [4.78, 5) is 7.03. The summed E-state index contributed by atoms with van der Waals surface area (Å²) in [6.45, 7) is 7.81. The molecule has 0 aromatic carbocycles. The van der Waals surface area contributed by atoms with Crippen molar-refractivity contribution in [2.45, 2.75) is 32.7 Å². The Bertz CT molecular complexity index is 596. The fraction of sp³-hybridized carbons (Fsp3) is 0.600. The van der Waals surface area contributed by atoms with Crippen molar-refractivity contribution >= 4 is 16.7 Å². The van der Waals surface area contributed by atoms with Crippen molar-refractivity contribution < 1.29 is 0 Å². The number of hydrogen-bond donors (Lipinski definition) is 1. The van der Waals surface area contributed by atoms with Crippen LogP contribution < -0.4 is 5.32 Å². The molecule has 2 aromatic heterocycles. The van der Waals surface area contributed by atoms with Gasteiger partial charge in [0.1, 0.15) is 0 Å². The van der Waals surface area contributed by atoms with Gasteiger partial charge in [0, 0.05) is 31.6 Å². The highest BCUT2D eigenvalue weighted by Crippen LogP contribution is 2.21. The Morgan fingerprint density at radius 3 is 2.80 bits per heavy atom. The van der Waals surface area contributed by atoms with Crippen LogP contribution in [0.1, 0.15) is 25.5 Å². The third-order valence-corrected chi connectivity index (χ3v) is 4.27. The summed E-state index contributed by atoms with van der Waals surface area (Å²) >= 11 is 0. The fourth-order valence-corrected chi connectivity index (χ4v) is 3.02. The fourth-order valence-electron chi connectivity index (χ4n) is 3.02. The van der Waals surface area contributed by atoms with Crippen LogP contribution in [0.15, 0.2) is 12.3 Å². The average molecular weight is 273 g/mol. The number of likely N-dealkylation sites (tertiary alicyclic amines) is 1. The third kappa shape index (κ3) is 2.50. The van der Waals surface area contributed by atoms with Gasteiger partial charge in [-0.1, -0.05) is 6.92 Å². The molecule has 5 nitrogen and oxygen atoms in total. The van der Waals surface area contributed by atoms with Gasteiger partial charge in [-0.2, -0.15) is 5.10 Å². The van der Waals surface area contributed by atoms with Crippen LogP contribution in [0, 0.1) is 6.92 Å². The Labute approximate surface area is 120 Å². The summed E-state index contributed by atoms with van der Waals surface area (Å²) in [5.41, 5.74) is 3.11. The summed E-state index contributed by atoms with van der Waals surface area (Å²) in [5, 5.41) is 9.19. The standard InChI is InChI=1S/C15H23N5/c1-4-20-7-5-12(6-8-20)17-13-9-14-11(2)18-19(3)15(14)16-10-13/h9-10,12,17H,4-8H2,1-3H3. The van der Waals surface area contributed by atoms with Crippen molar-refractivity contribution in [3.05, 3.63) is 18.0 Å². The lowest BCUT2D eigenvalue weighted by Crippen LogP contribution is -2.38. The molecule has 0 spiro atoms. The SMILES string of the molecule is CCN1CCC(Nc2cnc3c(c2)c(C)nn3C)CC1. The average Bonchev–Trinajstić information content (AvgIpc) is 2.75. The molecule has 0 aliphatic carbocycles. The molecule has 0 atom stereocenters. The molecule has 20 heavy (non-hydrogen) atoms. The largest absolute Gasteiger partial charge is 0.381 e. The smallest absolute Gasteiger partial charge is 0.157 e. The van der Waals surface area contributed by atoms with E-state index in [-0.39, 0.29) is 0 Å². The lowest BCUT2D eigenvalue weighted by molar-refractivity contribution is 0.229. The number of hydrogen-bond acceptors (Lipinski definition) is 4. The van der Waals surface area contributed by atoms with Crippen LogP contribution >= 0.6 is 0 Å². The second-order valence-electron chi connectivity index (χ2n) is 5.66. The molecule has 1 saturated heterocycles. The van der Waals surface area contributed by atoms with Crippen molar-refractivity contribution in [3.8, 4) is 0 Å². The van der Waals surface area contributed by atoms with E-state index < -0.39 is 0 Å². The lowest BCUT2D eigenvalue weighted by Gasteiger charge is -2.31. The zero-order valence-electron chi connectivity index (χ0n) is 12.6. The van der Waals surface area contributed by atoms with Gasteiger partial charge in [0.05, 0.1) is 17.6 Å². The minimum Gasteiger partial charge on any atom is -0.381 e. The van der Waals surface area contributed by atoms with Crippen LogP contribution in [-0.2, 0) is 7.05 Å². The molecule has 0 saturated carbocycles. The van der Waals surface area contributed by atoms with Crippen molar-refractivity contribution in [1.29, 1.82) is 0 Å². The zero-order valence-corrected chi connectivity index (χ0v) is 12.6. The molecule has 0 radical (unpaired) electrons. The highest BCUT2D eigenvalue weighted by molar-refractivity contribution is 5.81. The van der Waals surface area contributed by atoms with Crippen molar-refractivity contribution in [2.24, 2.45) is 7.05 Å². The van der Waals surface area contributed by atoms with Gasteiger partial charge in [-0.15, -0.1) is 0 Å². The van der Waals surface area contributed by atoms with E-state index in [9.17, 15) is 0 Å². The Kier molecular flexibility index (Phi) is 3.61. The van der Waals surface area contributed by atoms with Gasteiger partial charge in [-0.25, -0.2) is 4.98 Å². The highest BCUT2D eigenvalue weighted by atomic mass is 15.3. The molecule has 3 heterocycles. The van der Waals surface area contributed by atoms with Crippen molar-refractivity contribution in [2.75, 3.05) is 25.0 Å². The molecule has 108 valence electrons. The summed E-state index contributed by atoms with van der Waals surface area (Å²) in [6.07, 6.45) is 4.34. The summed E-state index contributed by atoms with van der Waals surface area (Å²) in [5.74, 6) is 0. The number of aromatic nitrogens is 3. The molecular formula is C15H23N5. The van der Waals surface area contributed by atoms with E-state index >= 15 is 0 Å². The van der Waals surface area contributed by atoms with Crippen LogP contribution in [0.3, 0.4) is 0 Å².